The van der Waals surface area contributed by atoms with Gasteiger partial charge in [0.2, 0.25) is 0 Å². The van der Waals surface area contributed by atoms with E-state index in [-0.39, 0.29) is 5.75 Å². The molecule has 0 N–H and O–H groups in total. The summed E-state index contributed by atoms with van der Waals surface area (Å²) in [4.78, 5) is 0. The van der Waals surface area contributed by atoms with Crippen molar-refractivity contribution < 1.29 is 13.7 Å². The van der Waals surface area contributed by atoms with E-state index in [2.05, 4.69) is 5.16 Å². The highest BCUT2D eigenvalue weighted by molar-refractivity contribution is 5.59. The molecule has 0 amide bonds. The van der Waals surface area contributed by atoms with Crippen molar-refractivity contribution in [2.45, 2.75) is 6.61 Å². The first-order chi connectivity index (χ1) is 9.83. The molecule has 0 saturated carbocycles. The van der Waals surface area contributed by atoms with E-state index in [0.29, 0.717) is 17.9 Å². The van der Waals surface area contributed by atoms with Gasteiger partial charge < -0.3 is 9.26 Å². The standard InChI is InChI=1S/C16H12FNO2/c17-14-10-13(15-8-9-20-18-15)6-7-16(14)19-11-12-4-2-1-3-5-12/h1-10H,11H2. The lowest BCUT2D eigenvalue weighted by atomic mass is 10.1. The minimum absolute atomic E-state index is 0.223. The molecule has 4 heteroatoms. The van der Waals surface area contributed by atoms with Crippen LogP contribution in [0.3, 0.4) is 0 Å². The molecule has 2 aromatic carbocycles. The van der Waals surface area contributed by atoms with Crippen LogP contribution in [0.25, 0.3) is 11.3 Å². The van der Waals surface area contributed by atoms with E-state index in [0.717, 1.165) is 5.56 Å². The molecule has 20 heavy (non-hydrogen) atoms. The van der Waals surface area contributed by atoms with Gasteiger partial charge in [-0.15, -0.1) is 0 Å². The molecule has 3 aromatic rings. The summed E-state index contributed by atoms with van der Waals surface area (Å²) in [6.45, 7) is 0.334. The number of rotatable bonds is 4. The zero-order valence-corrected chi connectivity index (χ0v) is 10.6. The van der Waals surface area contributed by atoms with Crippen LogP contribution in [-0.2, 0) is 6.61 Å². The van der Waals surface area contributed by atoms with Gasteiger partial charge in [-0.3, -0.25) is 0 Å². The molecule has 1 heterocycles. The van der Waals surface area contributed by atoms with E-state index in [1.165, 1.54) is 12.3 Å². The van der Waals surface area contributed by atoms with E-state index in [4.69, 9.17) is 9.26 Å². The summed E-state index contributed by atoms with van der Waals surface area (Å²) in [6.07, 6.45) is 1.45. The predicted octanol–water partition coefficient (Wildman–Crippen LogP) is 4.06. The second-order valence-corrected chi connectivity index (χ2v) is 4.30. The molecule has 0 radical (unpaired) electrons. The molecule has 0 spiro atoms. The summed E-state index contributed by atoms with van der Waals surface area (Å²) in [7, 11) is 0. The topological polar surface area (TPSA) is 35.3 Å². The van der Waals surface area contributed by atoms with E-state index in [1.807, 2.05) is 30.3 Å². The van der Waals surface area contributed by atoms with Crippen LogP contribution in [-0.4, -0.2) is 5.16 Å². The van der Waals surface area contributed by atoms with Crippen molar-refractivity contribution in [1.82, 2.24) is 5.16 Å². The summed E-state index contributed by atoms with van der Waals surface area (Å²) >= 11 is 0. The number of benzene rings is 2. The number of halogens is 1. The summed E-state index contributed by atoms with van der Waals surface area (Å²) in [5.41, 5.74) is 2.24. The van der Waals surface area contributed by atoms with Gasteiger partial charge >= 0.3 is 0 Å². The molecule has 0 aliphatic rings. The van der Waals surface area contributed by atoms with Gasteiger partial charge in [-0.05, 0) is 23.8 Å². The first kappa shape index (κ1) is 12.4. The van der Waals surface area contributed by atoms with Crippen molar-refractivity contribution in [3.8, 4) is 17.0 Å². The Kier molecular flexibility index (Phi) is 3.46. The van der Waals surface area contributed by atoms with Crippen LogP contribution in [0, 0.1) is 5.82 Å². The second-order valence-electron chi connectivity index (χ2n) is 4.30. The lowest BCUT2D eigenvalue weighted by Gasteiger charge is -2.08. The summed E-state index contributed by atoms with van der Waals surface area (Å²) < 4.78 is 24.2. The van der Waals surface area contributed by atoms with Gasteiger partial charge in [0.05, 0.1) is 0 Å². The molecule has 1 aromatic heterocycles. The predicted molar refractivity (Wildman–Crippen MR) is 72.7 cm³/mol. The Bertz CT molecular complexity index is 681. The monoisotopic (exact) mass is 269 g/mol. The second kappa shape index (κ2) is 5.57. The molecule has 0 bridgehead atoms. The minimum atomic E-state index is -0.415. The maximum absolute atomic E-state index is 14.0. The Hall–Kier alpha value is -2.62. The Morgan fingerprint density at radius 3 is 2.60 bits per heavy atom. The minimum Gasteiger partial charge on any atom is -0.486 e. The molecule has 0 fully saturated rings. The lowest BCUT2D eigenvalue weighted by Crippen LogP contribution is -1.97. The molecule has 3 nitrogen and oxygen atoms in total. The highest BCUT2D eigenvalue weighted by Gasteiger charge is 2.08. The van der Waals surface area contributed by atoms with Crippen molar-refractivity contribution in [3.05, 3.63) is 72.2 Å². The molecular formula is C16H12FNO2. The van der Waals surface area contributed by atoms with Crippen LogP contribution in [0.5, 0.6) is 5.75 Å². The van der Waals surface area contributed by atoms with Gasteiger partial charge in [-0.1, -0.05) is 35.5 Å². The quantitative estimate of drug-likeness (QED) is 0.716. The average Bonchev–Trinajstić information content (AvgIpc) is 3.01. The molecule has 0 saturated heterocycles. The van der Waals surface area contributed by atoms with Crippen LogP contribution in [0.15, 0.2) is 65.4 Å². The Morgan fingerprint density at radius 1 is 1.05 bits per heavy atom. The largest absolute Gasteiger partial charge is 0.486 e. The first-order valence-corrected chi connectivity index (χ1v) is 6.20. The van der Waals surface area contributed by atoms with Crippen molar-refractivity contribution in [2.24, 2.45) is 0 Å². The van der Waals surface area contributed by atoms with Crippen LogP contribution in [0.4, 0.5) is 4.39 Å². The zero-order chi connectivity index (χ0) is 13.8. The van der Waals surface area contributed by atoms with Gasteiger partial charge in [-0.2, -0.15) is 0 Å². The average molecular weight is 269 g/mol. The third-order valence-corrected chi connectivity index (χ3v) is 2.90. The number of ether oxygens (including phenoxy) is 1. The highest BCUT2D eigenvalue weighted by Crippen LogP contribution is 2.25. The van der Waals surface area contributed by atoms with Gasteiger partial charge in [0.15, 0.2) is 11.6 Å². The van der Waals surface area contributed by atoms with Crippen molar-refractivity contribution in [2.75, 3.05) is 0 Å². The van der Waals surface area contributed by atoms with E-state index in [9.17, 15) is 4.39 Å². The number of hydrogen-bond acceptors (Lipinski definition) is 3. The van der Waals surface area contributed by atoms with E-state index in [1.54, 1.807) is 18.2 Å². The first-order valence-electron chi connectivity index (χ1n) is 6.20. The molecule has 100 valence electrons. The molecule has 0 unspecified atom stereocenters. The number of nitrogens with zero attached hydrogens (tertiary/aromatic N) is 1. The Labute approximate surface area is 115 Å². The van der Waals surface area contributed by atoms with Crippen LogP contribution < -0.4 is 4.74 Å². The number of aromatic nitrogens is 1. The van der Waals surface area contributed by atoms with Gasteiger partial charge in [-0.25, -0.2) is 4.39 Å². The van der Waals surface area contributed by atoms with E-state index >= 15 is 0 Å². The summed E-state index contributed by atoms with van der Waals surface area (Å²) in [5.74, 6) is -0.192. The Morgan fingerprint density at radius 2 is 1.90 bits per heavy atom. The maximum Gasteiger partial charge on any atom is 0.165 e. The smallest absolute Gasteiger partial charge is 0.165 e. The van der Waals surface area contributed by atoms with Crippen LogP contribution in [0.1, 0.15) is 5.56 Å². The van der Waals surface area contributed by atoms with Crippen LogP contribution >= 0.6 is 0 Å². The third kappa shape index (κ3) is 2.69. The van der Waals surface area contributed by atoms with Crippen molar-refractivity contribution >= 4 is 0 Å². The molecule has 0 atom stereocenters. The third-order valence-electron chi connectivity index (χ3n) is 2.90. The van der Waals surface area contributed by atoms with Gasteiger partial charge in [0.1, 0.15) is 18.6 Å². The summed E-state index contributed by atoms with van der Waals surface area (Å²) in [6, 6.07) is 16.0. The molecular weight excluding hydrogens is 257 g/mol. The van der Waals surface area contributed by atoms with Crippen LogP contribution in [0.2, 0.25) is 0 Å². The van der Waals surface area contributed by atoms with Gasteiger partial charge in [0, 0.05) is 11.6 Å². The summed E-state index contributed by atoms with van der Waals surface area (Å²) in [5, 5.41) is 3.77. The highest BCUT2D eigenvalue weighted by atomic mass is 19.1. The fourth-order valence-electron chi connectivity index (χ4n) is 1.87. The SMILES string of the molecule is Fc1cc(-c2ccon2)ccc1OCc1ccccc1. The zero-order valence-electron chi connectivity index (χ0n) is 10.6. The normalized spacial score (nSPS) is 10.4. The molecule has 3 rings (SSSR count). The fraction of sp³-hybridized carbons (Fsp3) is 0.0625. The Balaban J connectivity index is 1.75. The van der Waals surface area contributed by atoms with Crippen molar-refractivity contribution in [3.63, 3.8) is 0 Å². The number of hydrogen-bond donors (Lipinski definition) is 0. The molecule has 0 aliphatic heterocycles. The fourth-order valence-corrected chi connectivity index (χ4v) is 1.87. The van der Waals surface area contributed by atoms with Gasteiger partial charge in [0.25, 0.3) is 0 Å². The lowest BCUT2D eigenvalue weighted by molar-refractivity contribution is 0.290. The van der Waals surface area contributed by atoms with Crippen molar-refractivity contribution in [1.29, 1.82) is 0 Å². The van der Waals surface area contributed by atoms with E-state index < -0.39 is 5.82 Å². The maximum atomic E-state index is 14.0. The molecule has 0 aliphatic carbocycles.